The zero-order valence-corrected chi connectivity index (χ0v) is 10.8. The summed E-state index contributed by atoms with van der Waals surface area (Å²) in [7, 11) is 0. The molecule has 0 aliphatic heterocycles. The molecular weight excluding hydrogens is 198 g/mol. The lowest BCUT2D eigenvalue weighted by atomic mass is 10.1. The van der Waals surface area contributed by atoms with Crippen LogP contribution in [0.2, 0.25) is 0 Å². The third-order valence-electron chi connectivity index (χ3n) is 3.72. The van der Waals surface area contributed by atoms with E-state index in [1.807, 2.05) is 12.5 Å². The van der Waals surface area contributed by atoms with E-state index in [0.717, 1.165) is 19.0 Å². The molecule has 1 aromatic heterocycles. The molecular formula is C13H23N3. The molecule has 1 aliphatic rings. The van der Waals surface area contributed by atoms with E-state index in [4.69, 9.17) is 0 Å². The standard InChI is InChI=1S/C13H23N3/c1-10(2)16-9-15-8-12(16)7-14-6-11-5-13(11,3)4/h8-11,14H,5-7H2,1-4H3. The Hall–Kier alpha value is -0.830. The van der Waals surface area contributed by atoms with Gasteiger partial charge in [0.15, 0.2) is 0 Å². The van der Waals surface area contributed by atoms with Crippen molar-refractivity contribution in [1.29, 1.82) is 0 Å². The van der Waals surface area contributed by atoms with E-state index in [-0.39, 0.29) is 0 Å². The fourth-order valence-corrected chi connectivity index (χ4v) is 2.23. The molecule has 1 heterocycles. The van der Waals surface area contributed by atoms with Crippen LogP contribution < -0.4 is 5.32 Å². The molecule has 1 fully saturated rings. The lowest BCUT2D eigenvalue weighted by molar-refractivity contribution is 0.502. The summed E-state index contributed by atoms with van der Waals surface area (Å²) in [6, 6.07) is 0.497. The maximum Gasteiger partial charge on any atom is 0.0951 e. The first-order valence-corrected chi connectivity index (χ1v) is 6.22. The maximum absolute atomic E-state index is 4.21. The molecule has 1 unspecified atom stereocenters. The van der Waals surface area contributed by atoms with E-state index < -0.39 is 0 Å². The van der Waals surface area contributed by atoms with Gasteiger partial charge in [-0.1, -0.05) is 13.8 Å². The molecule has 0 spiro atoms. The van der Waals surface area contributed by atoms with Crippen molar-refractivity contribution in [2.75, 3.05) is 6.54 Å². The minimum Gasteiger partial charge on any atom is -0.331 e. The van der Waals surface area contributed by atoms with Crippen molar-refractivity contribution in [3.8, 4) is 0 Å². The molecule has 3 nitrogen and oxygen atoms in total. The number of aromatic nitrogens is 2. The number of nitrogens with zero attached hydrogens (tertiary/aromatic N) is 2. The Morgan fingerprint density at radius 1 is 1.56 bits per heavy atom. The lowest BCUT2D eigenvalue weighted by Gasteiger charge is -2.12. The van der Waals surface area contributed by atoms with Crippen LogP contribution >= 0.6 is 0 Å². The number of hydrogen-bond acceptors (Lipinski definition) is 2. The first kappa shape index (κ1) is 11.6. The van der Waals surface area contributed by atoms with Crippen LogP contribution in [0.1, 0.15) is 45.9 Å². The predicted molar refractivity (Wildman–Crippen MR) is 66.2 cm³/mol. The second kappa shape index (κ2) is 4.21. The van der Waals surface area contributed by atoms with E-state index in [9.17, 15) is 0 Å². The second-order valence-electron chi connectivity index (χ2n) is 5.91. The second-order valence-corrected chi connectivity index (χ2v) is 5.91. The molecule has 1 atom stereocenters. The molecule has 3 heteroatoms. The summed E-state index contributed by atoms with van der Waals surface area (Å²) < 4.78 is 2.23. The molecule has 1 aromatic rings. The molecule has 0 bridgehead atoms. The Bertz CT molecular complexity index is 352. The highest BCUT2D eigenvalue weighted by Gasteiger charge is 2.44. The summed E-state index contributed by atoms with van der Waals surface area (Å²) in [6.07, 6.45) is 5.25. The van der Waals surface area contributed by atoms with E-state index >= 15 is 0 Å². The number of hydrogen-bond donors (Lipinski definition) is 1. The Kier molecular flexibility index (Phi) is 3.06. The summed E-state index contributed by atoms with van der Waals surface area (Å²) in [5, 5.41) is 3.54. The largest absolute Gasteiger partial charge is 0.331 e. The van der Waals surface area contributed by atoms with Crippen molar-refractivity contribution in [3.05, 3.63) is 18.2 Å². The highest BCUT2D eigenvalue weighted by atomic mass is 15.1. The molecule has 1 N–H and O–H groups in total. The Morgan fingerprint density at radius 3 is 2.81 bits per heavy atom. The Labute approximate surface area is 98.3 Å². The minimum atomic E-state index is 0.497. The summed E-state index contributed by atoms with van der Waals surface area (Å²) in [6.45, 7) is 11.1. The molecule has 0 radical (unpaired) electrons. The van der Waals surface area contributed by atoms with Gasteiger partial charge in [-0.2, -0.15) is 0 Å². The van der Waals surface area contributed by atoms with Crippen LogP contribution in [-0.4, -0.2) is 16.1 Å². The van der Waals surface area contributed by atoms with Gasteiger partial charge in [0.2, 0.25) is 0 Å². The van der Waals surface area contributed by atoms with Crippen molar-refractivity contribution >= 4 is 0 Å². The van der Waals surface area contributed by atoms with Crippen molar-refractivity contribution in [2.45, 2.75) is 46.7 Å². The van der Waals surface area contributed by atoms with Gasteiger partial charge in [0.05, 0.1) is 12.0 Å². The molecule has 0 amide bonds. The van der Waals surface area contributed by atoms with Gasteiger partial charge in [-0.25, -0.2) is 4.98 Å². The van der Waals surface area contributed by atoms with Crippen molar-refractivity contribution in [3.63, 3.8) is 0 Å². The van der Waals surface area contributed by atoms with Gasteiger partial charge in [-0.05, 0) is 38.1 Å². The molecule has 2 rings (SSSR count). The van der Waals surface area contributed by atoms with Crippen LogP contribution in [0.3, 0.4) is 0 Å². The number of rotatable bonds is 5. The lowest BCUT2D eigenvalue weighted by Crippen LogP contribution is -2.20. The van der Waals surface area contributed by atoms with Gasteiger partial charge in [-0.3, -0.25) is 0 Å². The first-order valence-electron chi connectivity index (χ1n) is 6.22. The molecule has 0 aromatic carbocycles. The van der Waals surface area contributed by atoms with Crippen molar-refractivity contribution in [1.82, 2.24) is 14.9 Å². The third kappa shape index (κ3) is 2.46. The predicted octanol–water partition coefficient (Wildman–Crippen LogP) is 2.60. The summed E-state index contributed by atoms with van der Waals surface area (Å²) >= 11 is 0. The van der Waals surface area contributed by atoms with Crippen molar-refractivity contribution < 1.29 is 0 Å². The van der Waals surface area contributed by atoms with Crippen LogP contribution in [0, 0.1) is 11.3 Å². The van der Waals surface area contributed by atoms with Gasteiger partial charge in [0, 0.05) is 18.8 Å². The van der Waals surface area contributed by atoms with E-state index in [0.29, 0.717) is 11.5 Å². The normalized spacial score (nSPS) is 22.7. The zero-order valence-electron chi connectivity index (χ0n) is 10.8. The Balaban J connectivity index is 1.79. The van der Waals surface area contributed by atoms with Crippen LogP contribution in [0.5, 0.6) is 0 Å². The van der Waals surface area contributed by atoms with Gasteiger partial charge in [-0.15, -0.1) is 0 Å². The first-order chi connectivity index (χ1) is 7.50. The summed E-state index contributed by atoms with van der Waals surface area (Å²) in [5.74, 6) is 0.864. The third-order valence-corrected chi connectivity index (χ3v) is 3.72. The highest BCUT2D eigenvalue weighted by Crippen LogP contribution is 2.50. The molecule has 90 valence electrons. The van der Waals surface area contributed by atoms with Gasteiger partial charge in [0.25, 0.3) is 0 Å². The molecule has 0 saturated heterocycles. The average molecular weight is 221 g/mol. The van der Waals surface area contributed by atoms with E-state index in [2.05, 4.69) is 42.6 Å². The molecule has 16 heavy (non-hydrogen) atoms. The van der Waals surface area contributed by atoms with Gasteiger partial charge in [0.1, 0.15) is 0 Å². The summed E-state index contributed by atoms with van der Waals surface area (Å²) in [4.78, 5) is 4.21. The topological polar surface area (TPSA) is 29.9 Å². The maximum atomic E-state index is 4.21. The van der Waals surface area contributed by atoms with Crippen LogP contribution in [0.25, 0.3) is 0 Å². The van der Waals surface area contributed by atoms with Gasteiger partial charge >= 0.3 is 0 Å². The highest BCUT2D eigenvalue weighted by molar-refractivity contribution is 5.01. The molecule has 1 saturated carbocycles. The Morgan fingerprint density at radius 2 is 2.25 bits per heavy atom. The summed E-state index contributed by atoms with van der Waals surface area (Å²) in [5.41, 5.74) is 1.86. The average Bonchev–Trinajstić information content (AvgIpc) is 2.64. The minimum absolute atomic E-state index is 0.497. The monoisotopic (exact) mass is 221 g/mol. The SMILES string of the molecule is CC(C)n1cncc1CNCC1CC1(C)C. The van der Waals surface area contributed by atoms with Crippen LogP contribution in [0.15, 0.2) is 12.5 Å². The van der Waals surface area contributed by atoms with Crippen molar-refractivity contribution in [2.24, 2.45) is 11.3 Å². The van der Waals surface area contributed by atoms with Gasteiger partial charge < -0.3 is 9.88 Å². The number of imidazole rings is 1. The number of nitrogens with one attached hydrogen (secondary N) is 1. The fourth-order valence-electron chi connectivity index (χ4n) is 2.23. The van der Waals surface area contributed by atoms with E-state index in [1.165, 1.54) is 12.1 Å². The van der Waals surface area contributed by atoms with Crippen LogP contribution in [0.4, 0.5) is 0 Å². The quantitative estimate of drug-likeness (QED) is 0.828. The van der Waals surface area contributed by atoms with Crippen LogP contribution in [-0.2, 0) is 6.54 Å². The van der Waals surface area contributed by atoms with E-state index in [1.54, 1.807) is 0 Å². The zero-order chi connectivity index (χ0) is 11.8. The smallest absolute Gasteiger partial charge is 0.0951 e. The molecule has 1 aliphatic carbocycles. The fraction of sp³-hybridized carbons (Fsp3) is 0.769.